The lowest BCUT2D eigenvalue weighted by Crippen LogP contribution is -2.51. The van der Waals surface area contributed by atoms with Crippen LogP contribution in [0.3, 0.4) is 0 Å². The van der Waals surface area contributed by atoms with Crippen molar-refractivity contribution < 1.29 is 9.90 Å². The number of amides is 1. The van der Waals surface area contributed by atoms with Gasteiger partial charge in [-0.2, -0.15) is 0 Å². The van der Waals surface area contributed by atoms with Crippen molar-refractivity contribution in [1.29, 1.82) is 0 Å². The highest BCUT2D eigenvalue weighted by molar-refractivity contribution is 5.83. The van der Waals surface area contributed by atoms with E-state index in [1.165, 1.54) is 0 Å². The minimum absolute atomic E-state index is 0.0596. The van der Waals surface area contributed by atoms with E-state index in [4.69, 9.17) is 0 Å². The zero-order valence-corrected chi connectivity index (χ0v) is 11.5. The summed E-state index contributed by atoms with van der Waals surface area (Å²) in [7, 11) is 0. The molecule has 2 rings (SSSR count). The van der Waals surface area contributed by atoms with Gasteiger partial charge in [-0.3, -0.25) is 9.78 Å². The average molecular weight is 263 g/mol. The first-order valence-corrected chi connectivity index (χ1v) is 6.60. The van der Waals surface area contributed by atoms with Crippen LogP contribution in [0.25, 0.3) is 0 Å². The van der Waals surface area contributed by atoms with E-state index in [2.05, 4.69) is 24.1 Å². The fourth-order valence-corrected chi connectivity index (χ4v) is 2.35. The number of rotatable bonds is 3. The fraction of sp³-hybridized carbons (Fsp3) is 0.571. The maximum Gasteiger partial charge on any atom is 0.242 e. The minimum atomic E-state index is -0.509. The number of aliphatic hydroxyl groups is 1. The van der Waals surface area contributed by atoms with Crippen LogP contribution in [0.15, 0.2) is 24.4 Å². The summed E-state index contributed by atoms with van der Waals surface area (Å²) < 4.78 is 0. The summed E-state index contributed by atoms with van der Waals surface area (Å²) in [5.41, 5.74) is 0.619. The number of aliphatic hydroxyl groups excluding tert-OH is 1. The van der Waals surface area contributed by atoms with Crippen molar-refractivity contribution >= 4 is 5.91 Å². The highest BCUT2D eigenvalue weighted by atomic mass is 16.3. The molecule has 104 valence electrons. The van der Waals surface area contributed by atoms with Crippen LogP contribution in [0.4, 0.5) is 0 Å². The number of carbonyl (C=O) groups excluding carboxylic acids is 1. The molecule has 1 aromatic rings. The van der Waals surface area contributed by atoms with Crippen LogP contribution in [0.1, 0.15) is 26.0 Å². The van der Waals surface area contributed by atoms with Crippen molar-refractivity contribution in [2.24, 2.45) is 0 Å². The van der Waals surface area contributed by atoms with E-state index < -0.39 is 6.04 Å². The van der Waals surface area contributed by atoms with Crippen LogP contribution in [0, 0.1) is 0 Å². The van der Waals surface area contributed by atoms with Crippen LogP contribution < -0.4 is 5.32 Å². The second-order valence-electron chi connectivity index (χ2n) is 5.50. The Kier molecular flexibility index (Phi) is 4.17. The molecule has 1 amide bonds. The Bertz CT molecular complexity index is 434. The average Bonchev–Trinajstić information content (AvgIpc) is 2.50. The first-order chi connectivity index (χ1) is 9.04. The van der Waals surface area contributed by atoms with Crippen LogP contribution in [0.5, 0.6) is 0 Å². The predicted octanol–water partition coefficient (Wildman–Crippen LogP) is 0.543. The first-order valence-electron chi connectivity index (χ1n) is 6.60. The molecule has 5 nitrogen and oxygen atoms in total. The Balaban J connectivity index is 2.24. The molecule has 0 aromatic carbocycles. The molecule has 0 spiro atoms. The molecule has 0 aliphatic carbocycles. The predicted molar refractivity (Wildman–Crippen MR) is 72.4 cm³/mol. The maximum atomic E-state index is 12.5. The van der Waals surface area contributed by atoms with Gasteiger partial charge in [-0.1, -0.05) is 6.07 Å². The van der Waals surface area contributed by atoms with Gasteiger partial charge < -0.3 is 15.3 Å². The van der Waals surface area contributed by atoms with Crippen molar-refractivity contribution in [2.45, 2.75) is 38.4 Å². The van der Waals surface area contributed by atoms with Gasteiger partial charge in [-0.15, -0.1) is 0 Å². The van der Waals surface area contributed by atoms with E-state index in [1.807, 2.05) is 23.1 Å². The van der Waals surface area contributed by atoms with E-state index in [0.717, 1.165) is 18.7 Å². The molecule has 1 aromatic heterocycles. The number of hydrogen-bond donors (Lipinski definition) is 2. The van der Waals surface area contributed by atoms with Crippen LogP contribution >= 0.6 is 0 Å². The topological polar surface area (TPSA) is 65.5 Å². The van der Waals surface area contributed by atoms with Crippen LogP contribution in [-0.2, 0) is 11.3 Å². The number of hydrogen-bond acceptors (Lipinski definition) is 4. The molecule has 1 aliphatic rings. The second-order valence-corrected chi connectivity index (χ2v) is 5.50. The minimum Gasteiger partial charge on any atom is -0.394 e. The maximum absolute atomic E-state index is 12.5. The molecule has 2 heterocycles. The normalized spacial score (nSPS) is 23.2. The Hall–Kier alpha value is -1.46. The molecule has 5 heteroatoms. The van der Waals surface area contributed by atoms with E-state index in [1.54, 1.807) is 6.20 Å². The van der Waals surface area contributed by atoms with Gasteiger partial charge in [0.2, 0.25) is 5.91 Å². The van der Waals surface area contributed by atoms with Crippen molar-refractivity contribution in [3.05, 3.63) is 30.1 Å². The summed E-state index contributed by atoms with van der Waals surface area (Å²) in [6.07, 6.45) is 2.58. The molecule has 19 heavy (non-hydrogen) atoms. The van der Waals surface area contributed by atoms with Crippen molar-refractivity contribution in [2.75, 3.05) is 13.2 Å². The molecule has 1 unspecified atom stereocenters. The molecule has 0 bridgehead atoms. The van der Waals surface area contributed by atoms with Crippen molar-refractivity contribution in [3.63, 3.8) is 0 Å². The van der Waals surface area contributed by atoms with Crippen molar-refractivity contribution in [1.82, 2.24) is 15.2 Å². The Labute approximate surface area is 113 Å². The van der Waals surface area contributed by atoms with Gasteiger partial charge >= 0.3 is 0 Å². The summed E-state index contributed by atoms with van der Waals surface area (Å²) in [6, 6.07) is 5.18. The molecule has 0 saturated carbocycles. The molecule has 1 saturated heterocycles. The summed E-state index contributed by atoms with van der Waals surface area (Å²) >= 11 is 0. The smallest absolute Gasteiger partial charge is 0.242 e. The molecular weight excluding hydrogens is 242 g/mol. The van der Waals surface area contributed by atoms with E-state index in [-0.39, 0.29) is 18.1 Å². The van der Waals surface area contributed by atoms with Gasteiger partial charge in [-0.25, -0.2) is 0 Å². The van der Waals surface area contributed by atoms with Gasteiger partial charge in [-0.05, 0) is 38.9 Å². The lowest BCUT2D eigenvalue weighted by Gasteiger charge is -2.37. The van der Waals surface area contributed by atoms with Gasteiger partial charge in [0.15, 0.2) is 0 Å². The molecular formula is C14H21N3O2. The standard InChI is InChI=1S/C14H21N3O2/c1-14(2)6-8-16-12(10-18)13(19)17(14)9-11-5-3-4-7-15-11/h3-5,7,12,16,18H,6,8-10H2,1-2H3. The van der Waals surface area contributed by atoms with Gasteiger partial charge in [0.1, 0.15) is 6.04 Å². The summed E-state index contributed by atoms with van der Waals surface area (Å²) in [5, 5.41) is 12.4. The quantitative estimate of drug-likeness (QED) is 0.835. The molecule has 2 N–H and O–H groups in total. The number of pyridine rings is 1. The van der Waals surface area contributed by atoms with E-state index >= 15 is 0 Å². The van der Waals surface area contributed by atoms with Crippen LogP contribution in [0.2, 0.25) is 0 Å². The first kappa shape index (κ1) is 14.0. The van der Waals surface area contributed by atoms with Gasteiger partial charge in [0, 0.05) is 11.7 Å². The largest absolute Gasteiger partial charge is 0.394 e. The number of nitrogens with zero attached hydrogens (tertiary/aromatic N) is 2. The van der Waals surface area contributed by atoms with Gasteiger partial charge in [0.05, 0.1) is 18.8 Å². The third kappa shape index (κ3) is 3.11. The summed E-state index contributed by atoms with van der Waals surface area (Å²) in [4.78, 5) is 18.6. The van der Waals surface area contributed by atoms with Crippen molar-refractivity contribution in [3.8, 4) is 0 Å². The number of nitrogens with one attached hydrogen (secondary N) is 1. The highest BCUT2D eigenvalue weighted by Gasteiger charge is 2.37. The van der Waals surface area contributed by atoms with Crippen LogP contribution in [-0.4, -0.2) is 45.6 Å². The summed E-state index contributed by atoms with van der Waals surface area (Å²) in [6.45, 7) is 5.13. The SMILES string of the molecule is CC1(C)CCNC(CO)C(=O)N1Cc1ccccn1. The highest BCUT2D eigenvalue weighted by Crippen LogP contribution is 2.24. The Morgan fingerprint density at radius 3 is 2.95 bits per heavy atom. The summed E-state index contributed by atoms with van der Waals surface area (Å²) in [5.74, 6) is -0.0596. The number of aromatic nitrogens is 1. The third-order valence-corrected chi connectivity index (χ3v) is 3.65. The Morgan fingerprint density at radius 2 is 2.32 bits per heavy atom. The third-order valence-electron chi connectivity index (χ3n) is 3.65. The molecule has 0 radical (unpaired) electrons. The lowest BCUT2D eigenvalue weighted by molar-refractivity contribution is -0.139. The Morgan fingerprint density at radius 1 is 1.53 bits per heavy atom. The fourth-order valence-electron chi connectivity index (χ4n) is 2.35. The van der Waals surface area contributed by atoms with E-state index in [0.29, 0.717) is 6.54 Å². The second kappa shape index (κ2) is 5.67. The lowest BCUT2D eigenvalue weighted by atomic mass is 9.98. The zero-order chi connectivity index (χ0) is 13.9. The monoisotopic (exact) mass is 263 g/mol. The van der Waals surface area contributed by atoms with E-state index in [9.17, 15) is 9.90 Å². The number of carbonyl (C=O) groups is 1. The zero-order valence-electron chi connectivity index (χ0n) is 11.5. The molecule has 1 aliphatic heterocycles. The molecule has 1 fully saturated rings. The van der Waals surface area contributed by atoms with Gasteiger partial charge in [0.25, 0.3) is 0 Å². The molecule has 1 atom stereocenters.